The molecule has 1 saturated heterocycles. The van der Waals surface area contributed by atoms with Gasteiger partial charge in [-0.15, -0.1) is 16.4 Å². The van der Waals surface area contributed by atoms with Crippen LogP contribution < -0.4 is 15.5 Å². The maximum Gasteiger partial charge on any atom is 0.434 e. The standard InChI is InChI=1S/C23H21F3N8O3S/c1-2-28-21(36)31-18-6-15(20-30-17(11-38-20)23(24,25)26)16(9-29-18)12-5-13(8-27-7-12)19-32-33-22(37-19)34-4-3-14(35)10-34/h5-9,11,14,35H,2-4,10H2,1H3,(H2,28,29,31,36). The normalized spacial score (nSPS) is 15.6. The highest BCUT2D eigenvalue weighted by molar-refractivity contribution is 7.13. The van der Waals surface area contributed by atoms with Crippen molar-refractivity contribution in [2.45, 2.75) is 25.6 Å². The van der Waals surface area contributed by atoms with E-state index < -0.39 is 24.0 Å². The predicted octanol–water partition coefficient (Wildman–Crippen LogP) is 4.05. The Labute approximate surface area is 217 Å². The van der Waals surface area contributed by atoms with Gasteiger partial charge in [0.2, 0.25) is 0 Å². The molecule has 1 fully saturated rings. The number of β-amino-alcohol motifs (C(OH)–C–C–N with tert-alkyl or cyclic N) is 1. The summed E-state index contributed by atoms with van der Waals surface area (Å²) in [7, 11) is 0. The molecule has 1 atom stereocenters. The van der Waals surface area contributed by atoms with Gasteiger partial charge < -0.3 is 19.7 Å². The van der Waals surface area contributed by atoms with E-state index in [4.69, 9.17) is 4.42 Å². The average molecular weight is 547 g/mol. The second-order valence-corrected chi connectivity index (χ2v) is 9.23. The lowest BCUT2D eigenvalue weighted by molar-refractivity contribution is -0.140. The molecule has 4 aromatic heterocycles. The van der Waals surface area contributed by atoms with Crippen LogP contribution in [0.1, 0.15) is 19.0 Å². The number of aliphatic hydroxyl groups is 1. The fourth-order valence-corrected chi connectivity index (χ4v) is 4.72. The van der Waals surface area contributed by atoms with Crippen LogP contribution in [0.25, 0.3) is 33.2 Å². The summed E-state index contributed by atoms with van der Waals surface area (Å²) in [6.07, 6.45) is -0.00195. The summed E-state index contributed by atoms with van der Waals surface area (Å²) in [5, 5.41) is 24.1. The van der Waals surface area contributed by atoms with Crippen LogP contribution in [0.2, 0.25) is 0 Å². The fourth-order valence-electron chi connectivity index (χ4n) is 3.86. The molecule has 0 spiro atoms. The van der Waals surface area contributed by atoms with Crippen molar-refractivity contribution in [3.05, 3.63) is 41.8 Å². The number of pyridine rings is 2. The Bertz CT molecular complexity index is 1460. The molecule has 2 amide bonds. The first kappa shape index (κ1) is 25.5. The Morgan fingerprint density at radius 1 is 1.21 bits per heavy atom. The summed E-state index contributed by atoms with van der Waals surface area (Å²) in [5.41, 5.74) is 0.729. The SMILES string of the molecule is CCNC(=O)Nc1cc(-c2nc(C(F)(F)F)cs2)c(-c2cncc(-c3nnc(N4CCC(O)C4)o3)c2)cn1. The van der Waals surface area contributed by atoms with Crippen LogP contribution in [0.3, 0.4) is 0 Å². The molecule has 11 nitrogen and oxygen atoms in total. The number of nitrogens with one attached hydrogen (secondary N) is 2. The number of carbonyl (C=O) groups excluding carboxylic acids is 1. The first-order chi connectivity index (χ1) is 18.2. The van der Waals surface area contributed by atoms with E-state index in [0.29, 0.717) is 48.3 Å². The Morgan fingerprint density at radius 2 is 2.03 bits per heavy atom. The molecule has 5 rings (SSSR count). The monoisotopic (exact) mass is 546 g/mol. The molecule has 1 unspecified atom stereocenters. The van der Waals surface area contributed by atoms with Gasteiger partial charge in [-0.25, -0.2) is 14.8 Å². The number of anilines is 2. The third-order valence-corrected chi connectivity index (χ3v) is 6.53. The van der Waals surface area contributed by atoms with Gasteiger partial charge in [0.05, 0.1) is 11.7 Å². The van der Waals surface area contributed by atoms with Gasteiger partial charge in [-0.2, -0.15) is 13.2 Å². The summed E-state index contributed by atoms with van der Waals surface area (Å²) < 4.78 is 45.6. The molecule has 0 aliphatic carbocycles. The highest BCUT2D eigenvalue weighted by Gasteiger charge is 2.34. The molecule has 198 valence electrons. The molecule has 0 saturated carbocycles. The number of amides is 2. The van der Waals surface area contributed by atoms with E-state index in [9.17, 15) is 23.1 Å². The van der Waals surface area contributed by atoms with Crippen LogP contribution in [0.4, 0.5) is 29.8 Å². The molecule has 38 heavy (non-hydrogen) atoms. The molecule has 0 radical (unpaired) electrons. The van der Waals surface area contributed by atoms with Gasteiger partial charge >= 0.3 is 18.2 Å². The average Bonchev–Trinajstić information content (AvgIpc) is 3.65. The number of hydrogen-bond acceptors (Lipinski definition) is 10. The van der Waals surface area contributed by atoms with E-state index in [1.54, 1.807) is 17.9 Å². The van der Waals surface area contributed by atoms with Crippen molar-refractivity contribution >= 4 is 29.2 Å². The van der Waals surface area contributed by atoms with E-state index in [1.807, 2.05) is 0 Å². The number of alkyl halides is 3. The summed E-state index contributed by atoms with van der Waals surface area (Å²) in [6, 6.07) is 2.92. The van der Waals surface area contributed by atoms with Crippen LogP contribution in [0, 0.1) is 0 Å². The molecule has 1 aliphatic heterocycles. The zero-order chi connectivity index (χ0) is 26.9. The summed E-state index contributed by atoms with van der Waals surface area (Å²) >= 11 is 0.820. The number of nitrogens with zero attached hydrogens (tertiary/aromatic N) is 6. The Kier molecular flexibility index (Phi) is 6.94. The minimum atomic E-state index is -4.60. The van der Waals surface area contributed by atoms with Gasteiger partial charge in [-0.3, -0.25) is 10.3 Å². The van der Waals surface area contributed by atoms with Crippen molar-refractivity contribution in [2.24, 2.45) is 0 Å². The highest BCUT2D eigenvalue weighted by Crippen LogP contribution is 2.39. The molecule has 0 aromatic carbocycles. The van der Waals surface area contributed by atoms with Gasteiger partial charge in [0.15, 0.2) is 5.69 Å². The molecular formula is C23H21F3N8O3S. The zero-order valence-electron chi connectivity index (χ0n) is 19.9. The van der Waals surface area contributed by atoms with Gasteiger partial charge in [0, 0.05) is 60.3 Å². The number of carbonyl (C=O) groups is 1. The van der Waals surface area contributed by atoms with Crippen LogP contribution in [0.5, 0.6) is 0 Å². The fraction of sp³-hybridized carbons (Fsp3) is 0.304. The molecular weight excluding hydrogens is 525 g/mol. The predicted molar refractivity (Wildman–Crippen MR) is 132 cm³/mol. The molecule has 4 aromatic rings. The number of halogens is 3. The van der Waals surface area contributed by atoms with Gasteiger partial charge in [-0.05, 0) is 25.5 Å². The Balaban J connectivity index is 1.52. The number of thiazole rings is 1. The minimum Gasteiger partial charge on any atom is -0.403 e. The number of aromatic nitrogens is 5. The van der Waals surface area contributed by atoms with Crippen LogP contribution in [-0.2, 0) is 6.18 Å². The quantitative estimate of drug-likeness (QED) is 0.326. The second-order valence-electron chi connectivity index (χ2n) is 8.38. The van der Waals surface area contributed by atoms with E-state index in [-0.39, 0.29) is 22.7 Å². The minimum absolute atomic E-state index is 0.0896. The van der Waals surface area contributed by atoms with E-state index in [0.717, 1.165) is 16.7 Å². The van der Waals surface area contributed by atoms with Crippen LogP contribution in [-0.4, -0.2) is 62.0 Å². The second kappa shape index (κ2) is 10.3. The molecule has 15 heteroatoms. The van der Waals surface area contributed by atoms with Gasteiger partial charge in [0.1, 0.15) is 10.8 Å². The number of rotatable bonds is 6. The number of urea groups is 1. The molecule has 3 N–H and O–H groups in total. The lowest BCUT2D eigenvalue weighted by Crippen LogP contribution is -2.28. The van der Waals surface area contributed by atoms with E-state index in [2.05, 4.69) is 35.8 Å². The lowest BCUT2D eigenvalue weighted by atomic mass is 10.0. The van der Waals surface area contributed by atoms with Gasteiger partial charge in [-0.1, -0.05) is 5.10 Å². The van der Waals surface area contributed by atoms with Crippen molar-refractivity contribution in [1.29, 1.82) is 0 Å². The summed E-state index contributed by atoms with van der Waals surface area (Å²) in [4.78, 5) is 26.1. The van der Waals surface area contributed by atoms with Crippen molar-refractivity contribution in [3.63, 3.8) is 0 Å². The van der Waals surface area contributed by atoms with Crippen molar-refractivity contribution in [2.75, 3.05) is 29.9 Å². The largest absolute Gasteiger partial charge is 0.434 e. The summed E-state index contributed by atoms with van der Waals surface area (Å²) in [6.45, 7) is 3.10. The smallest absolute Gasteiger partial charge is 0.403 e. The lowest BCUT2D eigenvalue weighted by Gasteiger charge is -2.12. The number of aliphatic hydroxyl groups excluding tert-OH is 1. The van der Waals surface area contributed by atoms with Crippen LogP contribution in [0.15, 0.2) is 40.5 Å². The number of hydrogen-bond donors (Lipinski definition) is 3. The van der Waals surface area contributed by atoms with E-state index >= 15 is 0 Å². The molecule has 5 heterocycles. The third kappa shape index (κ3) is 5.43. The first-order valence-electron chi connectivity index (χ1n) is 11.5. The van der Waals surface area contributed by atoms with E-state index in [1.165, 1.54) is 24.7 Å². The highest BCUT2D eigenvalue weighted by atomic mass is 32.1. The van der Waals surface area contributed by atoms with Crippen molar-refractivity contribution in [3.8, 4) is 33.2 Å². The van der Waals surface area contributed by atoms with Crippen molar-refractivity contribution in [1.82, 2.24) is 30.5 Å². The maximum atomic E-state index is 13.3. The first-order valence-corrected chi connectivity index (χ1v) is 12.4. The van der Waals surface area contributed by atoms with Crippen LogP contribution >= 0.6 is 11.3 Å². The molecule has 0 bridgehead atoms. The van der Waals surface area contributed by atoms with Gasteiger partial charge in [0.25, 0.3) is 5.89 Å². The van der Waals surface area contributed by atoms with Crippen molar-refractivity contribution < 1.29 is 27.5 Å². The maximum absolute atomic E-state index is 13.3. The Morgan fingerprint density at radius 3 is 2.74 bits per heavy atom. The third-order valence-electron chi connectivity index (χ3n) is 5.65. The molecule has 1 aliphatic rings. The Hall–Kier alpha value is -4.11. The zero-order valence-corrected chi connectivity index (χ0v) is 20.7. The summed E-state index contributed by atoms with van der Waals surface area (Å²) in [5.74, 6) is 0.324. The topological polar surface area (TPSA) is 142 Å².